The summed E-state index contributed by atoms with van der Waals surface area (Å²) in [6, 6.07) is 3.14. The summed E-state index contributed by atoms with van der Waals surface area (Å²) in [5.74, 6) is 0.593. The van der Waals surface area contributed by atoms with Crippen LogP contribution in [0, 0.1) is 5.92 Å². The fourth-order valence-electron chi connectivity index (χ4n) is 2.53. The number of thiophene rings is 1. The first kappa shape index (κ1) is 17.0. The summed E-state index contributed by atoms with van der Waals surface area (Å²) in [7, 11) is -3.47. The Balaban J connectivity index is 1.56. The van der Waals surface area contributed by atoms with Gasteiger partial charge in [0.15, 0.2) is 0 Å². The molecule has 0 radical (unpaired) electrons. The highest BCUT2D eigenvalue weighted by Gasteiger charge is 2.29. The Morgan fingerprint density at radius 1 is 1.35 bits per heavy atom. The minimum absolute atomic E-state index is 0.0618. The molecule has 0 spiro atoms. The Kier molecular flexibility index (Phi) is 5.10. The van der Waals surface area contributed by atoms with Gasteiger partial charge in [0.2, 0.25) is 5.91 Å². The van der Waals surface area contributed by atoms with Gasteiger partial charge >= 0.3 is 0 Å². The largest absolute Gasteiger partial charge is 0.352 e. The Bertz CT molecular complexity index is 713. The van der Waals surface area contributed by atoms with Gasteiger partial charge in [-0.1, -0.05) is 17.2 Å². The van der Waals surface area contributed by atoms with Gasteiger partial charge in [-0.3, -0.25) is 4.79 Å². The molecule has 1 aliphatic carbocycles. The molecule has 126 valence electrons. The predicted octanol–water partition coefficient (Wildman–Crippen LogP) is 2.64. The van der Waals surface area contributed by atoms with Gasteiger partial charge in [0.1, 0.15) is 4.21 Å². The van der Waals surface area contributed by atoms with Crippen molar-refractivity contribution in [1.82, 2.24) is 9.62 Å². The van der Waals surface area contributed by atoms with E-state index < -0.39 is 10.0 Å². The van der Waals surface area contributed by atoms with Crippen molar-refractivity contribution in [2.45, 2.75) is 29.9 Å². The molecule has 5 nitrogen and oxygen atoms in total. The molecule has 1 aromatic heterocycles. The van der Waals surface area contributed by atoms with Crippen LogP contribution in [0.5, 0.6) is 0 Å². The van der Waals surface area contributed by atoms with Crippen LogP contribution in [-0.2, 0) is 14.8 Å². The Labute approximate surface area is 145 Å². The molecule has 2 heterocycles. The van der Waals surface area contributed by atoms with E-state index in [9.17, 15) is 13.2 Å². The summed E-state index contributed by atoms with van der Waals surface area (Å²) in [4.78, 5) is 11.8. The number of piperidine rings is 1. The third kappa shape index (κ3) is 4.35. The zero-order valence-electron chi connectivity index (χ0n) is 12.6. The third-order valence-corrected chi connectivity index (χ3v) is 7.70. The van der Waals surface area contributed by atoms with Gasteiger partial charge in [0, 0.05) is 25.7 Å². The van der Waals surface area contributed by atoms with Crippen LogP contribution in [0.3, 0.4) is 0 Å². The summed E-state index contributed by atoms with van der Waals surface area (Å²) in [5.41, 5.74) is 1.01. The van der Waals surface area contributed by atoms with Crippen molar-refractivity contribution in [1.29, 1.82) is 0 Å². The van der Waals surface area contributed by atoms with Crippen LogP contribution in [0.25, 0.3) is 0 Å². The summed E-state index contributed by atoms with van der Waals surface area (Å²) in [6.45, 7) is 1.56. The van der Waals surface area contributed by atoms with Crippen molar-refractivity contribution in [3.05, 3.63) is 28.1 Å². The number of amides is 1. The lowest BCUT2D eigenvalue weighted by Gasteiger charge is -2.27. The van der Waals surface area contributed by atoms with E-state index in [0.29, 0.717) is 36.2 Å². The minimum atomic E-state index is -3.47. The molecule has 0 unspecified atom stereocenters. The molecular formula is C15H19ClN2O3S2. The number of nitrogens with one attached hydrogen (secondary N) is 1. The molecule has 1 amide bonds. The molecule has 3 rings (SSSR count). The second-order valence-corrected chi connectivity index (χ2v) is 9.83. The standard InChI is InChI=1S/C15H19ClN2O3S2/c16-13-3-4-15(22-13)23(20,21)18-7-5-11(6-8-18)9-14(19)17-10-12-1-2-12/h3-4,9,12H,1-2,5-8,10H2,(H,17,19). The number of hydrogen-bond acceptors (Lipinski definition) is 4. The molecule has 1 N–H and O–H groups in total. The maximum absolute atomic E-state index is 12.5. The van der Waals surface area contributed by atoms with Gasteiger partial charge in [-0.25, -0.2) is 8.42 Å². The summed E-state index contributed by atoms with van der Waals surface area (Å²) < 4.78 is 27.2. The van der Waals surface area contributed by atoms with Gasteiger partial charge in [-0.15, -0.1) is 11.3 Å². The molecule has 0 atom stereocenters. The normalized spacial score (nSPS) is 19.6. The molecule has 2 aliphatic rings. The van der Waals surface area contributed by atoms with Crippen molar-refractivity contribution in [2.75, 3.05) is 19.6 Å². The lowest BCUT2D eigenvalue weighted by Crippen LogP contribution is -2.36. The molecule has 0 aromatic carbocycles. The first-order valence-corrected chi connectivity index (χ1v) is 10.3. The van der Waals surface area contributed by atoms with Gasteiger partial charge < -0.3 is 5.32 Å². The molecule has 23 heavy (non-hydrogen) atoms. The lowest BCUT2D eigenvalue weighted by molar-refractivity contribution is -0.116. The Morgan fingerprint density at radius 2 is 2.04 bits per heavy atom. The third-order valence-electron chi connectivity index (χ3n) is 4.10. The number of carbonyl (C=O) groups is 1. The molecule has 0 bridgehead atoms. The number of nitrogens with zero attached hydrogens (tertiary/aromatic N) is 1. The summed E-state index contributed by atoms with van der Waals surface area (Å²) >= 11 is 6.90. The smallest absolute Gasteiger partial charge is 0.252 e. The molecule has 2 fully saturated rings. The molecule has 1 saturated carbocycles. The number of carbonyl (C=O) groups excluding carboxylic acids is 1. The first-order chi connectivity index (χ1) is 10.9. The van der Waals surface area contributed by atoms with E-state index >= 15 is 0 Å². The van der Waals surface area contributed by atoms with Crippen LogP contribution in [0.1, 0.15) is 25.7 Å². The van der Waals surface area contributed by atoms with E-state index in [2.05, 4.69) is 5.32 Å². The maximum atomic E-state index is 12.5. The van der Waals surface area contributed by atoms with Crippen LogP contribution >= 0.6 is 22.9 Å². The average Bonchev–Trinajstić information content (AvgIpc) is 3.25. The van der Waals surface area contributed by atoms with Crippen LogP contribution in [-0.4, -0.2) is 38.3 Å². The number of hydrogen-bond donors (Lipinski definition) is 1. The van der Waals surface area contributed by atoms with Crippen LogP contribution in [0.4, 0.5) is 0 Å². The molecule has 1 saturated heterocycles. The SMILES string of the molecule is O=C(C=C1CCN(S(=O)(=O)c2ccc(Cl)s2)CC1)NCC1CC1. The Morgan fingerprint density at radius 3 is 2.61 bits per heavy atom. The quantitative estimate of drug-likeness (QED) is 0.805. The lowest BCUT2D eigenvalue weighted by atomic mass is 10.1. The zero-order chi connectivity index (χ0) is 16.4. The molecule has 8 heteroatoms. The molecule has 1 aliphatic heterocycles. The second-order valence-electron chi connectivity index (χ2n) is 5.95. The van der Waals surface area contributed by atoms with Crippen molar-refractivity contribution in [2.24, 2.45) is 5.92 Å². The highest BCUT2D eigenvalue weighted by molar-refractivity contribution is 7.91. The van der Waals surface area contributed by atoms with Gasteiger partial charge in [-0.2, -0.15) is 4.31 Å². The van der Waals surface area contributed by atoms with E-state index in [0.717, 1.165) is 23.5 Å². The fourth-order valence-corrected chi connectivity index (χ4v) is 5.60. The van der Waals surface area contributed by atoms with Gasteiger partial charge in [0.05, 0.1) is 4.34 Å². The second kappa shape index (κ2) is 6.93. The predicted molar refractivity (Wildman–Crippen MR) is 91.1 cm³/mol. The zero-order valence-corrected chi connectivity index (χ0v) is 15.0. The molecular weight excluding hydrogens is 356 g/mol. The fraction of sp³-hybridized carbons (Fsp3) is 0.533. The van der Waals surface area contributed by atoms with Crippen LogP contribution in [0.2, 0.25) is 4.34 Å². The number of sulfonamides is 1. The number of halogens is 1. The summed E-state index contributed by atoms with van der Waals surface area (Å²) in [6.07, 6.45) is 5.23. The van der Waals surface area contributed by atoms with Crippen LogP contribution < -0.4 is 5.32 Å². The molecule has 1 aromatic rings. The van der Waals surface area contributed by atoms with Gasteiger partial charge in [0.25, 0.3) is 10.0 Å². The minimum Gasteiger partial charge on any atom is -0.352 e. The number of rotatable bonds is 5. The monoisotopic (exact) mass is 374 g/mol. The first-order valence-electron chi connectivity index (χ1n) is 7.68. The van der Waals surface area contributed by atoms with E-state index in [-0.39, 0.29) is 10.1 Å². The summed E-state index contributed by atoms with van der Waals surface area (Å²) in [5, 5.41) is 2.90. The van der Waals surface area contributed by atoms with E-state index in [1.807, 2.05) is 0 Å². The Hall–Kier alpha value is -0.890. The van der Waals surface area contributed by atoms with E-state index in [1.54, 1.807) is 18.2 Å². The highest BCUT2D eigenvalue weighted by Crippen LogP contribution is 2.30. The van der Waals surface area contributed by atoms with E-state index in [1.165, 1.54) is 17.1 Å². The van der Waals surface area contributed by atoms with Crippen molar-refractivity contribution in [3.63, 3.8) is 0 Å². The highest BCUT2D eigenvalue weighted by atomic mass is 35.5. The topological polar surface area (TPSA) is 66.5 Å². The van der Waals surface area contributed by atoms with Crippen molar-refractivity contribution >= 4 is 38.9 Å². The maximum Gasteiger partial charge on any atom is 0.252 e. The van der Waals surface area contributed by atoms with Crippen molar-refractivity contribution in [3.8, 4) is 0 Å². The van der Waals surface area contributed by atoms with Crippen LogP contribution in [0.15, 0.2) is 28.0 Å². The van der Waals surface area contributed by atoms with Crippen molar-refractivity contribution < 1.29 is 13.2 Å². The van der Waals surface area contributed by atoms with Gasteiger partial charge in [-0.05, 0) is 43.7 Å². The average molecular weight is 375 g/mol. The van der Waals surface area contributed by atoms with E-state index in [4.69, 9.17) is 11.6 Å².